The number of hydrogen-bond donors (Lipinski definition) is 1. The summed E-state index contributed by atoms with van der Waals surface area (Å²) >= 11 is 0. The molecule has 1 amide bonds. The number of aromatic amines is 1. The number of anilines is 1. The number of aryl methyl sites for hydroxylation is 1. The first-order valence-electron chi connectivity index (χ1n) is 9.96. The Morgan fingerprint density at radius 3 is 2.36 bits per heavy atom. The molecule has 0 atom stereocenters. The fourth-order valence-corrected chi connectivity index (χ4v) is 4.71. The van der Waals surface area contributed by atoms with Crippen LogP contribution in [0.25, 0.3) is 10.9 Å². The zero-order valence-corrected chi connectivity index (χ0v) is 16.0. The molecule has 0 unspecified atom stereocenters. The maximum atomic E-state index is 13.5. The fourth-order valence-electron chi connectivity index (χ4n) is 4.71. The molecule has 2 aromatic carbocycles. The van der Waals surface area contributed by atoms with Gasteiger partial charge in [-0.05, 0) is 55.7 Å². The van der Waals surface area contributed by atoms with Gasteiger partial charge in [-0.3, -0.25) is 4.79 Å². The van der Waals surface area contributed by atoms with Crippen LogP contribution in [-0.4, -0.2) is 42.0 Å². The molecule has 1 aliphatic carbocycles. The standard InChI is InChI=1S/C23H24FN3O/c1-16-21(19-4-2-3-5-20(19)25-16)23(10-11-23)22(28)27-14-12-26(13-15-27)18-8-6-17(24)7-9-18/h2-9,25H,10-15H2,1H3. The number of hydrogen-bond acceptors (Lipinski definition) is 2. The largest absolute Gasteiger partial charge is 0.368 e. The molecule has 1 N–H and O–H groups in total. The van der Waals surface area contributed by atoms with Crippen LogP contribution in [0, 0.1) is 12.7 Å². The normalized spacial score (nSPS) is 18.5. The lowest BCUT2D eigenvalue weighted by atomic mass is 9.91. The van der Waals surface area contributed by atoms with Crippen LogP contribution in [0.2, 0.25) is 0 Å². The third kappa shape index (κ3) is 2.68. The van der Waals surface area contributed by atoms with Gasteiger partial charge in [0, 0.05) is 48.5 Å². The average Bonchev–Trinajstić information content (AvgIpc) is 3.44. The van der Waals surface area contributed by atoms with Crippen LogP contribution in [0.1, 0.15) is 24.1 Å². The summed E-state index contributed by atoms with van der Waals surface area (Å²) in [6.07, 6.45) is 1.85. The van der Waals surface area contributed by atoms with Gasteiger partial charge >= 0.3 is 0 Å². The van der Waals surface area contributed by atoms with Gasteiger partial charge in [0.05, 0.1) is 5.41 Å². The van der Waals surface area contributed by atoms with Crippen molar-refractivity contribution in [1.82, 2.24) is 9.88 Å². The predicted octanol–water partition coefficient (Wildman–Crippen LogP) is 4.00. The molecule has 1 saturated carbocycles. The van der Waals surface area contributed by atoms with E-state index in [4.69, 9.17) is 0 Å². The number of halogens is 1. The first-order chi connectivity index (χ1) is 13.6. The molecule has 3 aromatic rings. The Bertz CT molecular complexity index is 1030. The van der Waals surface area contributed by atoms with Crippen molar-refractivity contribution in [2.45, 2.75) is 25.2 Å². The minimum Gasteiger partial charge on any atom is -0.368 e. The van der Waals surface area contributed by atoms with Gasteiger partial charge in [0.15, 0.2) is 0 Å². The highest BCUT2D eigenvalue weighted by molar-refractivity contribution is 5.98. The molecule has 4 nitrogen and oxygen atoms in total. The second kappa shape index (κ2) is 6.36. The molecular weight excluding hydrogens is 353 g/mol. The van der Waals surface area contributed by atoms with Crippen molar-refractivity contribution in [3.63, 3.8) is 0 Å². The number of rotatable bonds is 3. The quantitative estimate of drug-likeness (QED) is 0.749. The number of carbonyl (C=O) groups excluding carboxylic acids is 1. The van der Waals surface area contributed by atoms with Crippen molar-refractivity contribution in [2.24, 2.45) is 0 Å². The molecule has 28 heavy (non-hydrogen) atoms. The monoisotopic (exact) mass is 377 g/mol. The molecule has 0 spiro atoms. The van der Waals surface area contributed by atoms with Crippen LogP contribution in [0.5, 0.6) is 0 Å². The Hall–Kier alpha value is -2.82. The highest BCUT2D eigenvalue weighted by atomic mass is 19.1. The van der Waals surface area contributed by atoms with E-state index in [0.717, 1.165) is 42.8 Å². The summed E-state index contributed by atoms with van der Waals surface area (Å²) in [5.41, 5.74) is 4.06. The average molecular weight is 377 g/mol. The van der Waals surface area contributed by atoms with Crippen molar-refractivity contribution in [1.29, 1.82) is 0 Å². The van der Waals surface area contributed by atoms with Gasteiger partial charge in [0.1, 0.15) is 5.82 Å². The summed E-state index contributed by atoms with van der Waals surface area (Å²) in [5.74, 6) is 0.0430. The second-order valence-corrected chi connectivity index (χ2v) is 8.01. The maximum absolute atomic E-state index is 13.5. The first kappa shape index (κ1) is 17.3. The van der Waals surface area contributed by atoms with Gasteiger partial charge in [-0.25, -0.2) is 4.39 Å². The van der Waals surface area contributed by atoms with Crippen LogP contribution in [0.4, 0.5) is 10.1 Å². The molecule has 5 rings (SSSR count). The van der Waals surface area contributed by atoms with Gasteiger partial charge in [0.25, 0.3) is 0 Å². The Kier molecular flexibility index (Phi) is 3.93. The molecule has 0 radical (unpaired) electrons. The lowest BCUT2D eigenvalue weighted by molar-refractivity contribution is -0.134. The van der Waals surface area contributed by atoms with Crippen molar-refractivity contribution in [3.05, 3.63) is 65.6 Å². The summed E-state index contributed by atoms with van der Waals surface area (Å²) in [6, 6.07) is 14.9. The number of aromatic nitrogens is 1. The molecule has 1 aliphatic heterocycles. The first-order valence-corrected chi connectivity index (χ1v) is 9.96. The van der Waals surface area contributed by atoms with E-state index in [1.165, 1.54) is 23.1 Å². The van der Waals surface area contributed by atoms with E-state index in [1.807, 2.05) is 29.2 Å². The Morgan fingerprint density at radius 2 is 1.68 bits per heavy atom. The Balaban J connectivity index is 1.36. The number of carbonyl (C=O) groups is 1. The number of nitrogens with one attached hydrogen (secondary N) is 1. The number of fused-ring (bicyclic) bond motifs is 1. The SMILES string of the molecule is Cc1[nH]c2ccccc2c1C1(C(=O)N2CCN(c3ccc(F)cc3)CC2)CC1. The maximum Gasteiger partial charge on any atom is 0.233 e. The fraction of sp³-hybridized carbons (Fsp3) is 0.348. The van der Waals surface area contributed by atoms with Gasteiger partial charge in [-0.15, -0.1) is 0 Å². The van der Waals surface area contributed by atoms with Crippen LogP contribution < -0.4 is 4.90 Å². The summed E-state index contributed by atoms with van der Waals surface area (Å²) in [6.45, 7) is 5.05. The van der Waals surface area contributed by atoms with E-state index in [2.05, 4.69) is 28.9 Å². The molecule has 2 heterocycles. The van der Waals surface area contributed by atoms with E-state index >= 15 is 0 Å². The molecule has 2 fully saturated rings. The predicted molar refractivity (Wildman–Crippen MR) is 109 cm³/mol. The smallest absolute Gasteiger partial charge is 0.233 e. The summed E-state index contributed by atoms with van der Waals surface area (Å²) < 4.78 is 13.2. The summed E-state index contributed by atoms with van der Waals surface area (Å²) in [4.78, 5) is 21.2. The van der Waals surface area contributed by atoms with Crippen LogP contribution in [0.15, 0.2) is 48.5 Å². The minimum absolute atomic E-state index is 0.220. The zero-order valence-electron chi connectivity index (χ0n) is 16.0. The minimum atomic E-state index is -0.359. The molecule has 2 aliphatic rings. The summed E-state index contributed by atoms with van der Waals surface area (Å²) in [7, 11) is 0. The van der Waals surface area contributed by atoms with Crippen molar-refractivity contribution >= 4 is 22.5 Å². The topological polar surface area (TPSA) is 39.3 Å². The highest BCUT2D eigenvalue weighted by Gasteiger charge is 2.55. The number of nitrogens with zero attached hydrogens (tertiary/aromatic N) is 2. The number of para-hydroxylation sites is 1. The Morgan fingerprint density at radius 1 is 1.00 bits per heavy atom. The van der Waals surface area contributed by atoms with Gasteiger partial charge in [-0.1, -0.05) is 18.2 Å². The number of piperazine rings is 1. The lowest BCUT2D eigenvalue weighted by Gasteiger charge is -2.38. The van der Waals surface area contributed by atoms with E-state index in [0.29, 0.717) is 13.1 Å². The third-order valence-electron chi connectivity index (χ3n) is 6.29. The van der Waals surface area contributed by atoms with Crippen molar-refractivity contribution in [3.8, 4) is 0 Å². The van der Waals surface area contributed by atoms with E-state index < -0.39 is 0 Å². The Labute approximate surface area is 163 Å². The van der Waals surface area contributed by atoms with Crippen LogP contribution in [-0.2, 0) is 10.2 Å². The molecule has 0 bridgehead atoms. The van der Waals surface area contributed by atoms with Gasteiger partial charge < -0.3 is 14.8 Å². The van der Waals surface area contributed by atoms with Gasteiger partial charge in [-0.2, -0.15) is 0 Å². The van der Waals surface area contributed by atoms with Crippen LogP contribution >= 0.6 is 0 Å². The zero-order chi connectivity index (χ0) is 19.3. The van der Waals surface area contributed by atoms with Gasteiger partial charge in [0.2, 0.25) is 5.91 Å². The third-order valence-corrected chi connectivity index (χ3v) is 6.29. The number of amides is 1. The second-order valence-electron chi connectivity index (χ2n) is 8.01. The highest BCUT2D eigenvalue weighted by Crippen LogP contribution is 2.53. The van der Waals surface area contributed by atoms with Crippen LogP contribution in [0.3, 0.4) is 0 Å². The summed E-state index contributed by atoms with van der Waals surface area (Å²) in [5, 5.41) is 1.18. The molecule has 144 valence electrons. The molecule has 1 saturated heterocycles. The lowest BCUT2D eigenvalue weighted by Crippen LogP contribution is -2.51. The van der Waals surface area contributed by atoms with Crippen molar-refractivity contribution < 1.29 is 9.18 Å². The number of benzene rings is 2. The number of H-pyrrole nitrogens is 1. The molecular formula is C23H24FN3O. The van der Waals surface area contributed by atoms with Crippen molar-refractivity contribution in [2.75, 3.05) is 31.1 Å². The molecule has 5 heteroatoms. The van der Waals surface area contributed by atoms with E-state index in [9.17, 15) is 9.18 Å². The van der Waals surface area contributed by atoms with E-state index in [1.54, 1.807) is 0 Å². The molecule has 1 aromatic heterocycles. The van der Waals surface area contributed by atoms with E-state index in [-0.39, 0.29) is 17.1 Å².